The fourth-order valence-electron chi connectivity index (χ4n) is 3.11. The second-order valence-electron chi connectivity index (χ2n) is 5.69. The van der Waals surface area contributed by atoms with Gasteiger partial charge in [-0.3, -0.25) is 4.79 Å². The number of nitrogens with one attached hydrogen (secondary N) is 1. The molecule has 3 aromatic rings. The third-order valence-electron chi connectivity index (χ3n) is 4.23. The summed E-state index contributed by atoms with van der Waals surface area (Å²) in [5.74, 6) is -1.21. The van der Waals surface area contributed by atoms with Gasteiger partial charge in [-0.05, 0) is 17.7 Å². The number of fused-ring (bicyclic) bond motifs is 1. The Bertz CT molecular complexity index is 935. The van der Waals surface area contributed by atoms with Crippen LogP contribution in [0.1, 0.15) is 22.8 Å². The summed E-state index contributed by atoms with van der Waals surface area (Å²) in [7, 11) is 0. The largest absolute Gasteiger partial charge is 0.325 e. The molecule has 0 fully saturated rings. The Morgan fingerprint density at radius 1 is 0.958 bits per heavy atom. The van der Waals surface area contributed by atoms with Crippen molar-refractivity contribution in [1.29, 1.82) is 0 Å². The van der Waals surface area contributed by atoms with Crippen LogP contribution in [0.15, 0.2) is 53.9 Å². The molecule has 1 atom stereocenters. The molecule has 1 N–H and O–H groups in total. The zero-order valence-electron chi connectivity index (χ0n) is 12.6. The minimum Gasteiger partial charge on any atom is -0.325 e. The summed E-state index contributed by atoms with van der Waals surface area (Å²) in [4.78, 5) is 13.0. The third-order valence-corrected chi connectivity index (χ3v) is 5.33. The number of hydrogen-bond acceptors (Lipinski definition) is 2. The van der Waals surface area contributed by atoms with Gasteiger partial charge in [0.25, 0.3) is 0 Å². The molecule has 24 heavy (non-hydrogen) atoms. The molecule has 2 heterocycles. The van der Waals surface area contributed by atoms with E-state index >= 15 is 0 Å². The van der Waals surface area contributed by atoms with Crippen molar-refractivity contribution in [2.24, 2.45) is 0 Å². The van der Waals surface area contributed by atoms with Gasteiger partial charge in [0.1, 0.15) is 11.6 Å². The van der Waals surface area contributed by atoms with E-state index in [-0.39, 0.29) is 29.9 Å². The average molecular weight is 341 g/mol. The number of rotatable bonds is 2. The van der Waals surface area contributed by atoms with E-state index in [4.69, 9.17) is 0 Å². The normalized spacial score (nSPS) is 16.6. The van der Waals surface area contributed by atoms with Gasteiger partial charge >= 0.3 is 0 Å². The van der Waals surface area contributed by atoms with Gasteiger partial charge in [0.05, 0.1) is 5.69 Å². The van der Waals surface area contributed by atoms with Gasteiger partial charge in [-0.1, -0.05) is 36.4 Å². The SMILES string of the molecule is O=C1C[C@H](c2ccccc2F)c2scc(-c3ccccc3F)c2N1. The van der Waals surface area contributed by atoms with Crippen molar-refractivity contribution in [3.8, 4) is 11.1 Å². The van der Waals surface area contributed by atoms with Gasteiger partial charge in [0.2, 0.25) is 5.91 Å². The molecule has 1 aromatic heterocycles. The molecule has 1 amide bonds. The number of halogens is 2. The van der Waals surface area contributed by atoms with Crippen molar-refractivity contribution >= 4 is 22.9 Å². The van der Waals surface area contributed by atoms with Crippen LogP contribution in [0.2, 0.25) is 0 Å². The summed E-state index contributed by atoms with van der Waals surface area (Å²) in [6.45, 7) is 0. The second kappa shape index (κ2) is 5.83. The molecular formula is C19H13F2NOS. The molecule has 0 spiro atoms. The van der Waals surface area contributed by atoms with Crippen molar-refractivity contribution in [2.75, 3.05) is 5.32 Å². The molecule has 4 rings (SSSR count). The van der Waals surface area contributed by atoms with Crippen LogP contribution in [-0.2, 0) is 4.79 Å². The van der Waals surface area contributed by atoms with E-state index in [2.05, 4.69) is 5.32 Å². The molecule has 2 aromatic carbocycles. The molecular weight excluding hydrogens is 328 g/mol. The van der Waals surface area contributed by atoms with Crippen LogP contribution in [0.4, 0.5) is 14.5 Å². The lowest BCUT2D eigenvalue weighted by molar-refractivity contribution is -0.116. The predicted octanol–water partition coefficient (Wildman–Crippen LogP) is 5.17. The zero-order chi connectivity index (χ0) is 16.7. The van der Waals surface area contributed by atoms with Crippen molar-refractivity contribution in [1.82, 2.24) is 0 Å². The Kier molecular flexibility index (Phi) is 3.65. The highest BCUT2D eigenvalue weighted by Gasteiger charge is 2.32. The number of carbonyl (C=O) groups is 1. The topological polar surface area (TPSA) is 29.1 Å². The fraction of sp³-hybridized carbons (Fsp3) is 0.105. The summed E-state index contributed by atoms with van der Waals surface area (Å²) in [5, 5.41) is 4.66. The van der Waals surface area contributed by atoms with Crippen LogP contribution in [0, 0.1) is 11.6 Å². The number of thiophene rings is 1. The molecule has 1 aliphatic heterocycles. The first-order valence-corrected chi connectivity index (χ1v) is 8.43. The highest BCUT2D eigenvalue weighted by molar-refractivity contribution is 7.11. The van der Waals surface area contributed by atoms with Crippen molar-refractivity contribution in [3.63, 3.8) is 0 Å². The van der Waals surface area contributed by atoms with Crippen LogP contribution in [-0.4, -0.2) is 5.91 Å². The molecule has 120 valence electrons. The molecule has 5 heteroatoms. The van der Waals surface area contributed by atoms with E-state index < -0.39 is 0 Å². The highest BCUT2D eigenvalue weighted by atomic mass is 32.1. The first kappa shape index (κ1) is 15.0. The molecule has 0 aliphatic carbocycles. The monoisotopic (exact) mass is 341 g/mol. The summed E-state index contributed by atoms with van der Waals surface area (Å²) in [5.41, 5.74) is 2.16. The number of carbonyl (C=O) groups excluding carboxylic acids is 1. The first-order chi connectivity index (χ1) is 11.6. The van der Waals surface area contributed by atoms with Crippen molar-refractivity contribution in [3.05, 3.63) is 76.0 Å². The summed E-state index contributed by atoms with van der Waals surface area (Å²) >= 11 is 1.42. The van der Waals surface area contributed by atoms with Crippen LogP contribution >= 0.6 is 11.3 Å². The third kappa shape index (κ3) is 2.41. The maximum absolute atomic E-state index is 14.2. The van der Waals surface area contributed by atoms with Gasteiger partial charge in [-0.2, -0.15) is 0 Å². The maximum atomic E-state index is 14.2. The molecule has 1 aliphatic rings. The number of amides is 1. The number of anilines is 1. The van der Waals surface area contributed by atoms with Crippen LogP contribution < -0.4 is 5.32 Å². The lowest BCUT2D eigenvalue weighted by atomic mass is 9.89. The summed E-state index contributed by atoms with van der Waals surface area (Å²) in [6.07, 6.45) is 0.186. The fourth-order valence-corrected chi connectivity index (χ4v) is 4.26. The van der Waals surface area contributed by atoms with Crippen LogP contribution in [0.5, 0.6) is 0 Å². The molecule has 0 bridgehead atoms. The maximum Gasteiger partial charge on any atom is 0.225 e. The molecule has 0 saturated carbocycles. The van der Waals surface area contributed by atoms with E-state index in [0.29, 0.717) is 22.4 Å². The van der Waals surface area contributed by atoms with Gasteiger partial charge < -0.3 is 5.32 Å². The minimum atomic E-state index is -0.347. The molecule has 0 saturated heterocycles. The average Bonchev–Trinajstić information content (AvgIpc) is 2.99. The van der Waals surface area contributed by atoms with Gasteiger partial charge in [-0.15, -0.1) is 11.3 Å². The minimum absolute atomic E-state index is 0.186. The Balaban J connectivity index is 1.87. The molecule has 0 unspecified atom stereocenters. The van der Waals surface area contributed by atoms with E-state index in [1.165, 1.54) is 23.5 Å². The van der Waals surface area contributed by atoms with Gasteiger partial charge in [0.15, 0.2) is 0 Å². The summed E-state index contributed by atoms with van der Waals surface area (Å²) < 4.78 is 28.3. The van der Waals surface area contributed by atoms with Gasteiger partial charge in [0, 0.05) is 33.7 Å². The van der Waals surface area contributed by atoms with Crippen LogP contribution in [0.25, 0.3) is 11.1 Å². The van der Waals surface area contributed by atoms with Crippen molar-refractivity contribution < 1.29 is 13.6 Å². The zero-order valence-corrected chi connectivity index (χ0v) is 13.4. The van der Waals surface area contributed by atoms with Gasteiger partial charge in [-0.25, -0.2) is 8.78 Å². The quantitative estimate of drug-likeness (QED) is 0.685. The predicted molar refractivity (Wildman–Crippen MR) is 91.2 cm³/mol. The standard InChI is InChI=1S/C19H13F2NOS/c20-15-7-3-1-5-11(15)13-9-17(23)22-18-14(10-24-19(13)18)12-6-2-4-8-16(12)21/h1-8,10,13H,9H2,(H,22,23)/t13-/m1/s1. The highest BCUT2D eigenvalue weighted by Crippen LogP contribution is 2.47. The second-order valence-corrected chi connectivity index (χ2v) is 6.61. The number of benzene rings is 2. The first-order valence-electron chi connectivity index (χ1n) is 7.55. The Morgan fingerprint density at radius 2 is 1.67 bits per heavy atom. The van der Waals surface area contributed by atoms with E-state index in [1.54, 1.807) is 36.4 Å². The lowest BCUT2D eigenvalue weighted by Crippen LogP contribution is -2.23. The number of hydrogen-bond donors (Lipinski definition) is 1. The Labute approximate surface area is 141 Å². The summed E-state index contributed by atoms with van der Waals surface area (Å²) in [6, 6.07) is 12.9. The molecule has 0 radical (unpaired) electrons. The van der Waals surface area contributed by atoms with E-state index in [1.807, 2.05) is 5.38 Å². The Morgan fingerprint density at radius 3 is 2.42 bits per heavy atom. The lowest BCUT2D eigenvalue weighted by Gasteiger charge is -2.24. The smallest absolute Gasteiger partial charge is 0.225 e. The van der Waals surface area contributed by atoms with E-state index in [0.717, 1.165) is 4.88 Å². The molecule has 2 nitrogen and oxygen atoms in total. The van der Waals surface area contributed by atoms with Crippen molar-refractivity contribution in [2.45, 2.75) is 12.3 Å². The van der Waals surface area contributed by atoms with E-state index in [9.17, 15) is 13.6 Å². The van der Waals surface area contributed by atoms with Crippen LogP contribution in [0.3, 0.4) is 0 Å². The Hall–Kier alpha value is -2.53.